The molecule has 2 aliphatic rings. The zero-order valence-corrected chi connectivity index (χ0v) is 11.4. The molecule has 0 aromatic heterocycles. The van der Waals surface area contributed by atoms with E-state index in [-0.39, 0.29) is 17.7 Å². The Bertz CT molecular complexity index is 345. The average molecular weight is 256 g/mol. The Balaban J connectivity index is 1.94. The van der Waals surface area contributed by atoms with Gasteiger partial charge in [0.05, 0.1) is 16.6 Å². The molecule has 1 aliphatic carbocycles. The van der Waals surface area contributed by atoms with E-state index >= 15 is 0 Å². The van der Waals surface area contributed by atoms with Crippen LogP contribution < -0.4 is 10.6 Å². The molecule has 2 fully saturated rings. The molecule has 5 heteroatoms. The van der Waals surface area contributed by atoms with Crippen LogP contribution in [0, 0.1) is 0 Å². The van der Waals surface area contributed by atoms with Crippen LogP contribution in [0.1, 0.15) is 46.5 Å². The summed E-state index contributed by atoms with van der Waals surface area (Å²) >= 11 is 5.20. The van der Waals surface area contributed by atoms with Gasteiger partial charge in [0.1, 0.15) is 5.60 Å². The van der Waals surface area contributed by atoms with Crippen LogP contribution in [0.2, 0.25) is 0 Å². The van der Waals surface area contributed by atoms with Crippen molar-refractivity contribution in [2.24, 2.45) is 0 Å². The van der Waals surface area contributed by atoms with Crippen molar-refractivity contribution in [2.75, 3.05) is 0 Å². The quantitative estimate of drug-likeness (QED) is 0.706. The minimum Gasteiger partial charge on any atom is -0.444 e. The summed E-state index contributed by atoms with van der Waals surface area (Å²) in [6.45, 7) is 5.59. The molecular weight excluding hydrogens is 236 g/mol. The molecule has 1 amide bonds. The SMILES string of the molecule is CC(C)(C)OC(=O)NC1CC(=S)NC12CCC2. The third kappa shape index (κ3) is 2.70. The Hall–Kier alpha value is -0.840. The second kappa shape index (κ2) is 4.12. The molecule has 1 atom stereocenters. The lowest BCUT2D eigenvalue weighted by atomic mass is 9.73. The number of hydrogen-bond acceptors (Lipinski definition) is 3. The van der Waals surface area contributed by atoms with Crippen molar-refractivity contribution >= 4 is 23.3 Å². The normalized spacial score (nSPS) is 26.3. The fourth-order valence-electron chi connectivity index (χ4n) is 2.47. The standard InChI is InChI=1S/C12H20N2O2S/c1-11(2,3)16-10(15)13-8-7-9(17)14-12(8)5-4-6-12/h8H,4-7H2,1-3H3,(H,13,15)(H,14,17). The number of rotatable bonds is 1. The fourth-order valence-corrected chi connectivity index (χ4v) is 2.84. The first-order valence-electron chi connectivity index (χ1n) is 6.11. The molecule has 17 heavy (non-hydrogen) atoms. The smallest absolute Gasteiger partial charge is 0.407 e. The first kappa shape index (κ1) is 12.6. The van der Waals surface area contributed by atoms with Crippen molar-refractivity contribution in [1.29, 1.82) is 0 Å². The van der Waals surface area contributed by atoms with Gasteiger partial charge in [-0.1, -0.05) is 12.2 Å². The fraction of sp³-hybridized carbons (Fsp3) is 0.833. The number of nitrogens with one attached hydrogen (secondary N) is 2. The zero-order chi connectivity index (χ0) is 12.7. The van der Waals surface area contributed by atoms with Crippen LogP contribution in [0.4, 0.5) is 4.79 Å². The van der Waals surface area contributed by atoms with Crippen molar-refractivity contribution in [3.05, 3.63) is 0 Å². The molecule has 2 N–H and O–H groups in total. The van der Waals surface area contributed by atoms with Gasteiger partial charge in [-0.3, -0.25) is 0 Å². The highest BCUT2D eigenvalue weighted by Crippen LogP contribution is 2.39. The van der Waals surface area contributed by atoms with Crippen LogP contribution >= 0.6 is 12.2 Å². The van der Waals surface area contributed by atoms with Crippen LogP contribution in [-0.4, -0.2) is 28.3 Å². The van der Waals surface area contributed by atoms with Crippen LogP contribution in [0.15, 0.2) is 0 Å². The Labute approximate surface area is 107 Å². The molecule has 1 saturated heterocycles. The largest absolute Gasteiger partial charge is 0.444 e. The van der Waals surface area contributed by atoms with Crippen molar-refractivity contribution < 1.29 is 9.53 Å². The number of ether oxygens (including phenoxy) is 1. The summed E-state index contributed by atoms with van der Waals surface area (Å²) < 4.78 is 5.28. The molecule has 1 spiro atoms. The topological polar surface area (TPSA) is 50.4 Å². The summed E-state index contributed by atoms with van der Waals surface area (Å²) in [6, 6.07) is 0.0820. The zero-order valence-electron chi connectivity index (χ0n) is 10.6. The van der Waals surface area contributed by atoms with Gasteiger partial charge in [0.2, 0.25) is 0 Å². The third-order valence-corrected chi connectivity index (χ3v) is 3.65. The molecule has 1 aliphatic heterocycles. The molecule has 1 unspecified atom stereocenters. The summed E-state index contributed by atoms with van der Waals surface area (Å²) in [4.78, 5) is 12.6. The first-order valence-corrected chi connectivity index (χ1v) is 6.52. The number of amides is 1. The highest BCUT2D eigenvalue weighted by atomic mass is 32.1. The van der Waals surface area contributed by atoms with Crippen LogP contribution in [-0.2, 0) is 4.74 Å². The monoisotopic (exact) mass is 256 g/mol. The maximum atomic E-state index is 11.7. The highest BCUT2D eigenvalue weighted by Gasteiger charge is 2.50. The summed E-state index contributed by atoms with van der Waals surface area (Å²) in [6.07, 6.45) is 3.73. The predicted molar refractivity (Wildman–Crippen MR) is 70.1 cm³/mol. The van der Waals surface area contributed by atoms with Gasteiger partial charge in [-0.15, -0.1) is 0 Å². The molecule has 1 saturated carbocycles. The summed E-state index contributed by atoms with van der Waals surface area (Å²) in [5, 5.41) is 6.29. The molecule has 96 valence electrons. The summed E-state index contributed by atoms with van der Waals surface area (Å²) in [7, 11) is 0. The van der Waals surface area contributed by atoms with Gasteiger partial charge in [0, 0.05) is 6.42 Å². The van der Waals surface area contributed by atoms with Crippen molar-refractivity contribution in [2.45, 2.75) is 63.6 Å². The van der Waals surface area contributed by atoms with Gasteiger partial charge >= 0.3 is 6.09 Å². The van der Waals surface area contributed by atoms with E-state index in [9.17, 15) is 4.79 Å². The third-order valence-electron chi connectivity index (χ3n) is 3.38. The minimum atomic E-state index is -0.455. The molecular formula is C12H20N2O2S. The highest BCUT2D eigenvalue weighted by molar-refractivity contribution is 7.80. The van der Waals surface area contributed by atoms with Gasteiger partial charge in [0.15, 0.2) is 0 Å². The molecule has 0 bridgehead atoms. The molecule has 0 radical (unpaired) electrons. The summed E-state index contributed by atoms with van der Waals surface area (Å²) in [5.74, 6) is 0. The molecule has 4 nitrogen and oxygen atoms in total. The van der Waals surface area contributed by atoms with Crippen LogP contribution in [0.5, 0.6) is 0 Å². The molecule has 1 heterocycles. The van der Waals surface area contributed by atoms with Gasteiger partial charge in [-0.25, -0.2) is 4.79 Å². The Morgan fingerprint density at radius 1 is 1.53 bits per heavy atom. The van der Waals surface area contributed by atoms with E-state index in [1.54, 1.807) is 0 Å². The van der Waals surface area contributed by atoms with Crippen LogP contribution in [0.25, 0.3) is 0 Å². The van der Waals surface area contributed by atoms with E-state index in [0.717, 1.165) is 24.3 Å². The van der Waals surface area contributed by atoms with Crippen molar-refractivity contribution in [3.63, 3.8) is 0 Å². The maximum absolute atomic E-state index is 11.7. The number of carbonyl (C=O) groups excluding carboxylic acids is 1. The lowest BCUT2D eigenvalue weighted by molar-refractivity contribution is 0.0452. The molecule has 2 rings (SSSR count). The van der Waals surface area contributed by atoms with Gasteiger partial charge in [-0.2, -0.15) is 0 Å². The Morgan fingerprint density at radius 3 is 2.65 bits per heavy atom. The Morgan fingerprint density at radius 2 is 2.18 bits per heavy atom. The van der Waals surface area contributed by atoms with Gasteiger partial charge in [-0.05, 0) is 40.0 Å². The average Bonchev–Trinajstić information content (AvgIpc) is 2.37. The van der Waals surface area contributed by atoms with E-state index in [1.165, 1.54) is 6.42 Å². The van der Waals surface area contributed by atoms with Crippen LogP contribution in [0.3, 0.4) is 0 Å². The van der Waals surface area contributed by atoms with E-state index in [1.807, 2.05) is 20.8 Å². The van der Waals surface area contributed by atoms with E-state index in [2.05, 4.69) is 10.6 Å². The number of hydrogen-bond donors (Lipinski definition) is 2. The molecule has 0 aromatic rings. The van der Waals surface area contributed by atoms with E-state index in [4.69, 9.17) is 17.0 Å². The lowest BCUT2D eigenvalue weighted by Gasteiger charge is -2.43. The number of alkyl carbamates (subject to hydrolysis) is 1. The lowest BCUT2D eigenvalue weighted by Crippen LogP contribution is -2.59. The second-order valence-electron chi connectivity index (χ2n) is 5.96. The Kier molecular flexibility index (Phi) is 3.06. The second-order valence-corrected chi connectivity index (χ2v) is 6.45. The van der Waals surface area contributed by atoms with E-state index < -0.39 is 5.60 Å². The summed E-state index contributed by atoms with van der Waals surface area (Å²) in [5.41, 5.74) is -0.447. The number of carbonyl (C=O) groups is 1. The van der Waals surface area contributed by atoms with Gasteiger partial charge in [0.25, 0.3) is 0 Å². The van der Waals surface area contributed by atoms with E-state index in [0.29, 0.717) is 0 Å². The van der Waals surface area contributed by atoms with Crippen molar-refractivity contribution in [3.8, 4) is 0 Å². The first-order chi connectivity index (χ1) is 7.81. The maximum Gasteiger partial charge on any atom is 0.407 e. The predicted octanol–water partition coefficient (Wildman–Crippen LogP) is 2.12. The number of thiocarbonyl (C=S) groups is 1. The minimum absolute atomic E-state index is 0.00792. The van der Waals surface area contributed by atoms with Crippen molar-refractivity contribution in [1.82, 2.24) is 10.6 Å². The van der Waals surface area contributed by atoms with Gasteiger partial charge < -0.3 is 15.4 Å². The molecule has 0 aromatic carbocycles.